The molecule has 0 radical (unpaired) electrons. The number of hydrogen-bond donors (Lipinski definition) is 0. The Hall–Kier alpha value is -1.56. The molecule has 2 rings (SSSR count). The van der Waals surface area contributed by atoms with E-state index in [0.717, 1.165) is 44.4 Å². The molecule has 150 valence electrons. The second-order valence-electron chi connectivity index (χ2n) is 8.41. The SMILES string of the molecule is CCCCCCC1CCC(OC(=O)C2CCC(C=CC=CC#N)CC2)CC1. The smallest absolute Gasteiger partial charge is 0.309 e. The van der Waals surface area contributed by atoms with Crippen LogP contribution in [0.5, 0.6) is 0 Å². The van der Waals surface area contributed by atoms with E-state index in [2.05, 4.69) is 13.0 Å². The first-order valence-corrected chi connectivity index (χ1v) is 11.2. The highest BCUT2D eigenvalue weighted by atomic mass is 16.5. The van der Waals surface area contributed by atoms with Crippen molar-refractivity contribution >= 4 is 5.97 Å². The van der Waals surface area contributed by atoms with Gasteiger partial charge in [-0.05, 0) is 63.2 Å². The molecule has 0 spiro atoms. The van der Waals surface area contributed by atoms with Crippen molar-refractivity contribution in [1.29, 1.82) is 5.26 Å². The molecular weight excluding hydrogens is 334 g/mol. The van der Waals surface area contributed by atoms with E-state index in [1.165, 1.54) is 51.0 Å². The minimum atomic E-state index is 0.0493. The van der Waals surface area contributed by atoms with Crippen molar-refractivity contribution in [3.05, 3.63) is 24.3 Å². The van der Waals surface area contributed by atoms with Crippen molar-refractivity contribution < 1.29 is 9.53 Å². The molecule has 2 aliphatic rings. The summed E-state index contributed by atoms with van der Waals surface area (Å²) in [6.07, 6.45) is 22.9. The molecule has 0 aromatic carbocycles. The monoisotopic (exact) mass is 371 g/mol. The van der Waals surface area contributed by atoms with Crippen molar-refractivity contribution in [1.82, 2.24) is 0 Å². The number of ether oxygens (including phenoxy) is 1. The van der Waals surface area contributed by atoms with Crippen molar-refractivity contribution in [2.24, 2.45) is 17.8 Å². The minimum Gasteiger partial charge on any atom is -0.462 e. The van der Waals surface area contributed by atoms with E-state index in [1.54, 1.807) is 6.08 Å². The standard InChI is InChI=1S/C24H37NO2/c1-2-3-4-6-9-21-13-17-23(18-14-21)27-24(26)22-15-11-20(12-16-22)10-7-5-8-19-25/h5,7-8,10,20-23H,2-4,6,9,11-18H2,1H3. The van der Waals surface area contributed by atoms with Crippen LogP contribution in [0, 0.1) is 29.1 Å². The Morgan fingerprint density at radius 3 is 2.41 bits per heavy atom. The Labute approximate surface area is 165 Å². The van der Waals surface area contributed by atoms with Crippen LogP contribution in [0.4, 0.5) is 0 Å². The number of esters is 1. The maximum absolute atomic E-state index is 12.5. The molecule has 0 N–H and O–H groups in total. The maximum atomic E-state index is 12.5. The summed E-state index contributed by atoms with van der Waals surface area (Å²) in [6.45, 7) is 2.26. The van der Waals surface area contributed by atoms with Crippen LogP contribution >= 0.6 is 0 Å². The van der Waals surface area contributed by atoms with E-state index >= 15 is 0 Å². The van der Waals surface area contributed by atoms with E-state index in [9.17, 15) is 4.79 Å². The predicted molar refractivity (Wildman–Crippen MR) is 110 cm³/mol. The number of carbonyl (C=O) groups excluding carboxylic acids is 1. The third-order valence-corrected chi connectivity index (χ3v) is 6.31. The predicted octanol–water partition coefficient (Wildman–Crippen LogP) is 6.50. The van der Waals surface area contributed by atoms with Crippen molar-refractivity contribution in [3.63, 3.8) is 0 Å². The summed E-state index contributed by atoms with van der Waals surface area (Å²) < 4.78 is 5.87. The van der Waals surface area contributed by atoms with Crippen molar-refractivity contribution in [2.75, 3.05) is 0 Å². The first kappa shape index (κ1) is 21.7. The third-order valence-electron chi connectivity index (χ3n) is 6.31. The summed E-state index contributed by atoms with van der Waals surface area (Å²) >= 11 is 0. The second kappa shape index (κ2) is 12.8. The summed E-state index contributed by atoms with van der Waals surface area (Å²) in [5.74, 6) is 1.53. The molecule has 2 saturated carbocycles. The summed E-state index contributed by atoms with van der Waals surface area (Å²) in [7, 11) is 0. The van der Waals surface area contributed by atoms with Gasteiger partial charge < -0.3 is 4.74 Å². The zero-order valence-electron chi connectivity index (χ0n) is 17.1. The molecule has 0 aromatic rings. The Bertz CT molecular complexity index is 515. The largest absolute Gasteiger partial charge is 0.462 e. The number of rotatable bonds is 9. The lowest BCUT2D eigenvalue weighted by atomic mass is 9.81. The topological polar surface area (TPSA) is 50.1 Å². The molecule has 0 atom stereocenters. The molecule has 2 fully saturated rings. The Morgan fingerprint density at radius 1 is 1.00 bits per heavy atom. The van der Waals surface area contributed by atoms with Gasteiger partial charge in [-0.1, -0.05) is 57.3 Å². The van der Waals surface area contributed by atoms with Crippen LogP contribution < -0.4 is 0 Å². The average Bonchev–Trinajstić information content (AvgIpc) is 2.70. The molecule has 0 unspecified atom stereocenters. The number of carbonyl (C=O) groups is 1. The van der Waals surface area contributed by atoms with Gasteiger partial charge in [0.15, 0.2) is 0 Å². The van der Waals surface area contributed by atoms with Crippen LogP contribution in [0.2, 0.25) is 0 Å². The van der Waals surface area contributed by atoms with Crippen molar-refractivity contribution in [2.45, 2.75) is 96.5 Å². The molecule has 0 heterocycles. The number of hydrogen-bond acceptors (Lipinski definition) is 3. The lowest BCUT2D eigenvalue weighted by Crippen LogP contribution is -2.30. The van der Waals surface area contributed by atoms with Gasteiger partial charge in [0, 0.05) is 6.08 Å². The Balaban J connectivity index is 1.61. The fraction of sp³-hybridized carbons (Fsp3) is 0.750. The fourth-order valence-electron chi connectivity index (χ4n) is 4.53. The van der Waals surface area contributed by atoms with Gasteiger partial charge in [0.1, 0.15) is 6.10 Å². The van der Waals surface area contributed by atoms with Crippen LogP contribution in [0.15, 0.2) is 24.3 Å². The Morgan fingerprint density at radius 2 is 1.74 bits per heavy atom. The van der Waals surface area contributed by atoms with Gasteiger partial charge in [-0.25, -0.2) is 0 Å². The third kappa shape index (κ3) is 8.33. The number of nitrogens with zero attached hydrogens (tertiary/aromatic N) is 1. The summed E-state index contributed by atoms with van der Waals surface area (Å²) in [6, 6.07) is 1.99. The molecule has 0 aromatic heterocycles. The van der Waals surface area contributed by atoms with Crippen LogP contribution in [-0.2, 0) is 9.53 Å². The summed E-state index contributed by atoms with van der Waals surface area (Å²) in [5, 5.41) is 8.48. The fourth-order valence-corrected chi connectivity index (χ4v) is 4.53. The molecule has 3 nitrogen and oxygen atoms in total. The van der Waals surface area contributed by atoms with Gasteiger partial charge in [-0.2, -0.15) is 5.26 Å². The zero-order valence-corrected chi connectivity index (χ0v) is 17.1. The van der Waals surface area contributed by atoms with Gasteiger partial charge in [0.25, 0.3) is 0 Å². The summed E-state index contributed by atoms with van der Waals surface area (Å²) in [4.78, 5) is 12.5. The number of allylic oxidation sites excluding steroid dienone is 4. The van der Waals surface area contributed by atoms with Crippen LogP contribution in [0.25, 0.3) is 0 Å². The van der Waals surface area contributed by atoms with Crippen LogP contribution in [0.3, 0.4) is 0 Å². The highest BCUT2D eigenvalue weighted by molar-refractivity contribution is 5.72. The van der Waals surface area contributed by atoms with E-state index in [1.807, 2.05) is 12.1 Å². The highest BCUT2D eigenvalue weighted by Crippen LogP contribution is 2.33. The minimum absolute atomic E-state index is 0.0493. The van der Waals surface area contributed by atoms with Gasteiger partial charge in [-0.3, -0.25) is 4.79 Å². The summed E-state index contributed by atoms with van der Waals surface area (Å²) in [5.41, 5.74) is 0. The number of nitriles is 1. The first-order chi connectivity index (χ1) is 13.2. The lowest BCUT2D eigenvalue weighted by molar-refractivity contribution is -0.157. The molecule has 2 aliphatic carbocycles. The molecule has 27 heavy (non-hydrogen) atoms. The second-order valence-corrected chi connectivity index (χ2v) is 8.41. The molecule has 0 aliphatic heterocycles. The average molecular weight is 372 g/mol. The maximum Gasteiger partial charge on any atom is 0.309 e. The molecule has 0 amide bonds. The Kier molecular flexibility index (Phi) is 10.3. The van der Waals surface area contributed by atoms with Crippen LogP contribution in [0.1, 0.15) is 90.4 Å². The van der Waals surface area contributed by atoms with Gasteiger partial charge in [0.2, 0.25) is 0 Å². The van der Waals surface area contributed by atoms with E-state index in [-0.39, 0.29) is 18.0 Å². The molecule has 0 saturated heterocycles. The van der Waals surface area contributed by atoms with Crippen LogP contribution in [-0.4, -0.2) is 12.1 Å². The lowest BCUT2D eigenvalue weighted by Gasteiger charge is -2.31. The molecule has 3 heteroatoms. The molecular formula is C24H37NO2. The van der Waals surface area contributed by atoms with E-state index < -0.39 is 0 Å². The van der Waals surface area contributed by atoms with Crippen molar-refractivity contribution in [3.8, 4) is 6.07 Å². The van der Waals surface area contributed by atoms with Gasteiger partial charge >= 0.3 is 5.97 Å². The number of unbranched alkanes of at least 4 members (excludes halogenated alkanes) is 3. The van der Waals surface area contributed by atoms with E-state index in [0.29, 0.717) is 5.92 Å². The normalized spacial score (nSPS) is 29.0. The zero-order chi connectivity index (χ0) is 19.3. The van der Waals surface area contributed by atoms with E-state index in [4.69, 9.17) is 10.00 Å². The molecule has 0 bridgehead atoms. The first-order valence-electron chi connectivity index (χ1n) is 11.2. The highest BCUT2D eigenvalue weighted by Gasteiger charge is 2.30. The quantitative estimate of drug-likeness (QED) is 0.201. The van der Waals surface area contributed by atoms with Gasteiger partial charge in [-0.15, -0.1) is 0 Å². The van der Waals surface area contributed by atoms with Gasteiger partial charge in [0.05, 0.1) is 12.0 Å².